The van der Waals surface area contributed by atoms with Gasteiger partial charge in [-0.05, 0) is 29.7 Å². The van der Waals surface area contributed by atoms with Gasteiger partial charge in [0.25, 0.3) is 0 Å². The van der Waals surface area contributed by atoms with Crippen LogP contribution in [0.1, 0.15) is 23.3 Å². The molecule has 2 rings (SSSR count). The van der Waals surface area contributed by atoms with Crippen LogP contribution in [0.5, 0.6) is 17.2 Å². The summed E-state index contributed by atoms with van der Waals surface area (Å²) < 4.78 is 22.5. The average Bonchev–Trinajstić information content (AvgIpc) is 2.71. The molecule has 0 radical (unpaired) electrons. The van der Waals surface area contributed by atoms with Gasteiger partial charge in [-0.2, -0.15) is 11.8 Å². The number of hydrogen-bond donors (Lipinski definition) is 0. The zero-order valence-corrected chi connectivity index (χ0v) is 15.8. The Morgan fingerprint density at radius 2 is 1.91 bits per heavy atom. The van der Waals surface area contributed by atoms with Gasteiger partial charge in [0.2, 0.25) is 5.75 Å². The Hall–Kier alpha value is -0.780. The largest absolute Gasteiger partial charge is 0.493 e. The van der Waals surface area contributed by atoms with Crippen molar-refractivity contribution in [2.75, 3.05) is 46.2 Å². The van der Waals surface area contributed by atoms with Crippen LogP contribution < -0.4 is 14.2 Å². The van der Waals surface area contributed by atoms with E-state index in [4.69, 9.17) is 30.5 Å². The van der Waals surface area contributed by atoms with Crippen LogP contribution in [-0.4, -0.2) is 46.2 Å². The van der Waals surface area contributed by atoms with Crippen LogP contribution in [-0.2, 0) is 11.2 Å². The Balaban J connectivity index is 2.49. The van der Waals surface area contributed by atoms with Gasteiger partial charge in [-0.1, -0.05) is 6.92 Å². The molecule has 0 saturated heterocycles. The fourth-order valence-corrected chi connectivity index (χ4v) is 4.33. The summed E-state index contributed by atoms with van der Waals surface area (Å²) in [7, 11) is 4.96. The van der Waals surface area contributed by atoms with Gasteiger partial charge >= 0.3 is 0 Å². The van der Waals surface area contributed by atoms with Crippen molar-refractivity contribution in [2.45, 2.75) is 18.6 Å². The van der Waals surface area contributed by atoms with Crippen molar-refractivity contribution in [1.82, 2.24) is 0 Å². The van der Waals surface area contributed by atoms with Crippen LogP contribution in [0.4, 0.5) is 0 Å². The minimum Gasteiger partial charge on any atom is -0.493 e. The van der Waals surface area contributed by atoms with E-state index in [0.29, 0.717) is 36.5 Å². The minimum atomic E-state index is 0.202. The fourth-order valence-electron chi connectivity index (χ4n) is 2.93. The van der Waals surface area contributed by atoms with E-state index >= 15 is 0 Å². The van der Waals surface area contributed by atoms with Gasteiger partial charge in [-0.25, -0.2) is 0 Å². The second kappa shape index (κ2) is 8.90. The monoisotopic (exact) mass is 360 g/mol. The fraction of sp³-hybridized carbons (Fsp3) is 0.647. The number of rotatable bonds is 7. The molecule has 1 aliphatic heterocycles. The minimum absolute atomic E-state index is 0.202. The van der Waals surface area contributed by atoms with Gasteiger partial charge in [-0.3, -0.25) is 0 Å². The molecular formula is C17H25ClO4S. The van der Waals surface area contributed by atoms with Gasteiger partial charge in [-0.15, -0.1) is 11.6 Å². The van der Waals surface area contributed by atoms with E-state index in [1.165, 1.54) is 5.56 Å². The summed E-state index contributed by atoms with van der Waals surface area (Å²) in [5, 5.41) is 0.202. The van der Waals surface area contributed by atoms with E-state index in [-0.39, 0.29) is 5.25 Å². The predicted molar refractivity (Wildman–Crippen MR) is 95.7 cm³/mol. The first-order chi connectivity index (χ1) is 11.2. The molecule has 0 bridgehead atoms. The Bertz CT molecular complexity index is 524. The van der Waals surface area contributed by atoms with Crippen LogP contribution in [0.15, 0.2) is 6.07 Å². The molecule has 0 aromatic heterocycles. The highest BCUT2D eigenvalue weighted by atomic mass is 35.5. The third kappa shape index (κ3) is 4.20. The summed E-state index contributed by atoms with van der Waals surface area (Å²) in [5.74, 6) is 4.28. The molecule has 2 unspecified atom stereocenters. The maximum absolute atomic E-state index is 5.73. The van der Waals surface area contributed by atoms with Crippen molar-refractivity contribution < 1.29 is 18.9 Å². The number of methoxy groups -OCH3 is 3. The lowest BCUT2D eigenvalue weighted by Gasteiger charge is -2.23. The number of ether oxygens (including phenoxy) is 4. The van der Waals surface area contributed by atoms with Gasteiger partial charge in [0.05, 0.1) is 39.8 Å². The smallest absolute Gasteiger partial charge is 0.203 e. The molecule has 130 valence electrons. The SMILES string of the molecule is COc1cc2c(c(OC)c1OC)C(COCCCl)SCC(C)C2. The van der Waals surface area contributed by atoms with Crippen LogP contribution in [0, 0.1) is 5.92 Å². The first kappa shape index (κ1) is 18.6. The molecule has 23 heavy (non-hydrogen) atoms. The predicted octanol–water partition coefficient (Wildman–Crippen LogP) is 3.93. The van der Waals surface area contributed by atoms with Gasteiger partial charge in [0, 0.05) is 11.4 Å². The molecule has 0 N–H and O–H groups in total. The molecule has 0 saturated carbocycles. The molecule has 0 amide bonds. The molecule has 1 heterocycles. The molecule has 0 fully saturated rings. The standard InChI is InChI=1S/C17H25ClO4S/c1-11-7-12-8-13(19-2)16(20-3)17(21-4)15(12)14(23-10-11)9-22-6-5-18/h8,11,14H,5-7,9-10H2,1-4H3. The molecule has 0 aliphatic carbocycles. The molecule has 2 atom stereocenters. The summed E-state index contributed by atoms with van der Waals surface area (Å²) in [5.41, 5.74) is 2.41. The van der Waals surface area contributed by atoms with Gasteiger partial charge in [0.15, 0.2) is 11.5 Å². The first-order valence-electron chi connectivity index (χ1n) is 7.73. The van der Waals surface area contributed by atoms with Crippen LogP contribution in [0.3, 0.4) is 0 Å². The second-order valence-corrected chi connectivity index (χ2v) is 7.23. The third-order valence-corrected chi connectivity index (χ3v) is 5.61. The highest BCUT2D eigenvalue weighted by Gasteiger charge is 2.30. The van der Waals surface area contributed by atoms with Crippen molar-refractivity contribution in [3.05, 3.63) is 17.2 Å². The molecule has 1 aromatic carbocycles. The maximum Gasteiger partial charge on any atom is 0.203 e. The van der Waals surface area contributed by atoms with Crippen molar-refractivity contribution >= 4 is 23.4 Å². The molecule has 1 aromatic rings. The number of benzene rings is 1. The number of fused-ring (bicyclic) bond motifs is 1. The van der Waals surface area contributed by atoms with E-state index in [0.717, 1.165) is 23.5 Å². The number of alkyl halides is 1. The van der Waals surface area contributed by atoms with Gasteiger partial charge in [0.1, 0.15) is 0 Å². The maximum atomic E-state index is 5.73. The number of hydrogen-bond acceptors (Lipinski definition) is 5. The lowest BCUT2D eigenvalue weighted by molar-refractivity contribution is 0.150. The van der Waals surface area contributed by atoms with E-state index in [1.54, 1.807) is 21.3 Å². The Morgan fingerprint density at radius 3 is 2.52 bits per heavy atom. The van der Waals surface area contributed by atoms with E-state index < -0.39 is 0 Å². The Kier molecular flexibility index (Phi) is 7.18. The zero-order valence-electron chi connectivity index (χ0n) is 14.2. The Morgan fingerprint density at radius 1 is 1.17 bits per heavy atom. The van der Waals surface area contributed by atoms with Crippen LogP contribution in [0.25, 0.3) is 0 Å². The number of thioether (sulfide) groups is 1. The lowest BCUT2D eigenvalue weighted by atomic mass is 9.94. The molecular weight excluding hydrogens is 336 g/mol. The van der Waals surface area contributed by atoms with Crippen LogP contribution >= 0.6 is 23.4 Å². The highest BCUT2D eigenvalue weighted by Crippen LogP contribution is 2.50. The van der Waals surface area contributed by atoms with E-state index in [1.807, 2.05) is 11.8 Å². The molecule has 0 spiro atoms. The summed E-state index contributed by atoms with van der Waals surface area (Å²) >= 11 is 7.63. The van der Waals surface area contributed by atoms with Crippen molar-refractivity contribution in [1.29, 1.82) is 0 Å². The van der Waals surface area contributed by atoms with Gasteiger partial charge < -0.3 is 18.9 Å². The second-order valence-electron chi connectivity index (χ2n) is 5.61. The summed E-state index contributed by atoms with van der Waals surface area (Å²) in [4.78, 5) is 0. The highest BCUT2D eigenvalue weighted by molar-refractivity contribution is 7.99. The van der Waals surface area contributed by atoms with Crippen molar-refractivity contribution in [3.8, 4) is 17.2 Å². The van der Waals surface area contributed by atoms with E-state index in [2.05, 4.69) is 13.0 Å². The summed E-state index contributed by atoms with van der Waals surface area (Å²) in [6.45, 7) is 3.43. The van der Waals surface area contributed by atoms with E-state index in [9.17, 15) is 0 Å². The third-order valence-electron chi connectivity index (χ3n) is 3.92. The van der Waals surface area contributed by atoms with Crippen molar-refractivity contribution in [3.63, 3.8) is 0 Å². The molecule has 4 nitrogen and oxygen atoms in total. The lowest BCUT2D eigenvalue weighted by Crippen LogP contribution is -2.10. The Labute approximate surface area is 147 Å². The zero-order chi connectivity index (χ0) is 16.8. The topological polar surface area (TPSA) is 36.9 Å². The normalized spacial score (nSPS) is 20.6. The number of halogens is 1. The quantitative estimate of drug-likeness (QED) is 0.544. The summed E-state index contributed by atoms with van der Waals surface area (Å²) in [6, 6.07) is 2.08. The van der Waals surface area contributed by atoms with Crippen LogP contribution in [0.2, 0.25) is 0 Å². The first-order valence-corrected chi connectivity index (χ1v) is 9.31. The summed E-state index contributed by atoms with van der Waals surface area (Å²) in [6.07, 6.45) is 0.991. The molecule has 1 aliphatic rings. The molecule has 6 heteroatoms. The average molecular weight is 361 g/mol. The van der Waals surface area contributed by atoms with Crippen molar-refractivity contribution in [2.24, 2.45) is 5.92 Å².